The summed E-state index contributed by atoms with van der Waals surface area (Å²) < 4.78 is 0.377. The number of aromatic nitrogens is 2. The average molecular weight is 307 g/mol. The summed E-state index contributed by atoms with van der Waals surface area (Å²) in [5.74, 6) is 0. The van der Waals surface area contributed by atoms with Gasteiger partial charge in [-0.2, -0.15) is 10.2 Å². The van der Waals surface area contributed by atoms with Gasteiger partial charge in [-0.3, -0.25) is 10.2 Å². The molecule has 6 heteroatoms. The summed E-state index contributed by atoms with van der Waals surface area (Å²) in [6.45, 7) is 1.89. The number of halogens is 1. The maximum Gasteiger partial charge on any atom is 0.280 e. The van der Waals surface area contributed by atoms with Gasteiger partial charge in [0.05, 0.1) is 17.6 Å². The lowest BCUT2D eigenvalue weighted by molar-refractivity contribution is 0.976. The molecule has 0 atom stereocenters. The van der Waals surface area contributed by atoms with E-state index < -0.39 is 0 Å². The number of hydrogen-bond acceptors (Lipinski definition) is 4. The van der Waals surface area contributed by atoms with Crippen LogP contribution in [0.5, 0.6) is 0 Å². The summed E-state index contributed by atoms with van der Waals surface area (Å²) in [5.41, 5.74) is 4.87. The maximum absolute atomic E-state index is 11.3. The molecule has 0 unspecified atom stereocenters. The highest BCUT2D eigenvalue weighted by atomic mass is 79.9. The van der Waals surface area contributed by atoms with Crippen LogP contribution in [0.1, 0.15) is 12.5 Å². The molecule has 5 nitrogen and oxygen atoms in total. The Morgan fingerprint density at radius 1 is 1.39 bits per heavy atom. The fourth-order valence-corrected chi connectivity index (χ4v) is 1.63. The number of nitrogens with zero attached hydrogens (tertiary/aromatic N) is 2. The minimum absolute atomic E-state index is 0.299. The van der Waals surface area contributed by atoms with E-state index in [2.05, 4.69) is 36.7 Å². The number of rotatable bonds is 3. The van der Waals surface area contributed by atoms with E-state index >= 15 is 0 Å². The van der Waals surface area contributed by atoms with Gasteiger partial charge in [-0.1, -0.05) is 30.3 Å². The molecule has 2 rings (SSSR count). The van der Waals surface area contributed by atoms with Crippen LogP contribution in [0.15, 0.2) is 50.9 Å². The fraction of sp³-hybridized carbons (Fsp3) is 0.0833. The van der Waals surface area contributed by atoms with E-state index in [0.717, 1.165) is 11.3 Å². The molecule has 0 saturated carbocycles. The van der Waals surface area contributed by atoms with Crippen molar-refractivity contribution >= 4 is 27.3 Å². The highest BCUT2D eigenvalue weighted by molar-refractivity contribution is 9.10. The second-order valence-corrected chi connectivity index (χ2v) is 4.39. The fourth-order valence-electron chi connectivity index (χ4n) is 1.35. The SMILES string of the molecule is CC(=NNc1cn[nH]c(=O)c1Br)c1ccccc1. The Bertz CT molecular complexity index is 621. The van der Waals surface area contributed by atoms with Gasteiger partial charge in [-0.05, 0) is 28.4 Å². The normalized spacial score (nSPS) is 11.3. The summed E-state index contributed by atoms with van der Waals surface area (Å²) in [6.07, 6.45) is 1.49. The zero-order chi connectivity index (χ0) is 13.0. The first-order valence-corrected chi connectivity index (χ1v) is 6.06. The van der Waals surface area contributed by atoms with Crippen molar-refractivity contribution in [2.45, 2.75) is 6.92 Å². The molecule has 1 heterocycles. The number of H-pyrrole nitrogens is 1. The molecular formula is C12H11BrN4O. The van der Waals surface area contributed by atoms with Crippen molar-refractivity contribution in [1.82, 2.24) is 10.2 Å². The molecule has 0 amide bonds. The second-order valence-electron chi connectivity index (χ2n) is 3.60. The van der Waals surface area contributed by atoms with Gasteiger partial charge in [0.25, 0.3) is 5.56 Å². The predicted molar refractivity (Wildman–Crippen MR) is 74.8 cm³/mol. The lowest BCUT2D eigenvalue weighted by Gasteiger charge is -2.04. The Hall–Kier alpha value is -1.95. The average Bonchev–Trinajstić information content (AvgIpc) is 2.41. The highest BCUT2D eigenvalue weighted by Crippen LogP contribution is 2.15. The summed E-state index contributed by atoms with van der Waals surface area (Å²) >= 11 is 3.17. The van der Waals surface area contributed by atoms with Crippen molar-refractivity contribution in [3.8, 4) is 0 Å². The molecule has 0 fully saturated rings. The van der Waals surface area contributed by atoms with E-state index in [-0.39, 0.29) is 5.56 Å². The molecule has 18 heavy (non-hydrogen) atoms. The van der Waals surface area contributed by atoms with E-state index in [9.17, 15) is 4.79 Å². The molecule has 0 bridgehead atoms. The van der Waals surface area contributed by atoms with Crippen molar-refractivity contribution in [3.63, 3.8) is 0 Å². The standard InChI is InChI=1S/C12H11BrN4O/c1-8(9-5-3-2-4-6-9)15-16-10-7-14-17-12(18)11(10)13/h2-7H,1H3,(H2,16,17,18). The zero-order valence-corrected chi connectivity index (χ0v) is 11.2. The third-order valence-electron chi connectivity index (χ3n) is 2.33. The van der Waals surface area contributed by atoms with E-state index in [1.165, 1.54) is 6.20 Å². The number of benzene rings is 1. The number of hydrogen-bond donors (Lipinski definition) is 2. The van der Waals surface area contributed by atoms with Gasteiger partial charge in [-0.15, -0.1) is 0 Å². The van der Waals surface area contributed by atoms with Gasteiger partial charge >= 0.3 is 0 Å². The first-order valence-electron chi connectivity index (χ1n) is 5.27. The summed E-state index contributed by atoms with van der Waals surface area (Å²) in [6, 6.07) is 9.76. The van der Waals surface area contributed by atoms with Gasteiger partial charge in [0.1, 0.15) is 4.47 Å². The van der Waals surface area contributed by atoms with Gasteiger partial charge in [0.15, 0.2) is 0 Å². The third-order valence-corrected chi connectivity index (χ3v) is 3.12. The molecule has 0 aliphatic carbocycles. The van der Waals surface area contributed by atoms with Crippen molar-refractivity contribution in [1.29, 1.82) is 0 Å². The molecule has 0 saturated heterocycles. The molecule has 2 aromatic rings. The lowest BCUT2D eigenvalue weighted by Crippen LogP contribution is -2.11. The molecule has 1 aromatic heterocycles. The lowest BCUT2D eigenvalue weighted by atomic mass is 10.1. The van der Waals surface area contributed by atoms with Gasteiger partial charge < -0.3 is 0 Å². The minimum Gasteiger partial charge on any atom is -0.275 e. The monoisotopic (exact) mass is 306 g/mol. The number of anilines is 1. The van der Waals surface area contributed by atoms with Crippen LogP contribution in [0.3, 0.4) is 0 Å². The van der Waals surface area contributed by atoms with Crippen molar-refractivity contribution < 1.29 is 0 Å². The van der Waals surface area contributed by atoms with Gasteiger partial charge in [0, 0.05) is 0 Å². The number of hydrazone groups is 1. The van der Waals surface area contributed by atoms with Crippen LogP contribution in [0.25, 0.3) is 0 Å². The predicted octanol–water partition coefficient (Wildman–Crippen LogP) is 2.37. The van der Waals surface area contributed by atoms with Crippen LogP contribution < -0.4 is 11.0 Å². The third kappa shape index (κ3) is 2.84. The van der Waals surface area contributed by atoms with E-state index in [4.69, 9.17) is 0 Å². The summed E-state index contributed by atoms with van der Waals surface area (Å²) in [7, 11) is 0. The minimum atomic E-state index is -0.299. The molecular weight excluding hydrogens is 296 g/mol. The quantitative estimate of drug-likeness (QED) is 0.675. The van der Waals surface area contributed by atoms with Crippen LogP contribution in [0.4, 0.5) is 5.69 Å². The Kier molecular flexibility index (Phi) is 3.88. The van der Waals surface area contributed by atoms with E-state index in [1.54, 1.807) is 0 Å². The maximum atomic E-state index is 11.3. The molecule has 0 aliphatic heterocycles. The van der Waals surface area contributed by atoms with Crippen LogP contribution >= 0.6 is 15.9 Å². The molecule has 0 spiro atoms. The van der Waals surface area contributed by atoms with Gasteiger partial charge in [-0.25, -0.2) is 5.10 Å². The Labute approximate surface area is 112 Å². The van der Waals surface area contributed by atoms with Crippen LogP contribution in [-0.4, -0.2) is 15.9 Å². The van der Waals surface area contributed by atoms with Crippen LogP contribution in [0, 0.1) is 0 Å². The molecule has 0 radical (unpaired) electrons. The molecule has 2 N–H and O–H groups in total. The van der Waals surface area contributed by atoms with Gasteiger partial charge in [0.2, 0.25) is 0 Å². The first-order chi connectivity index (χ1) is 8.68. The Morgan fingerprint density at radius 2 is 2.11 bits per heavy atom. The smallest absolute Gasteiger partial charge is 0.275 e. The molecule has 1 aromatic carbocycles. The van der Waals surface area contributed by atoms with Crippen LogP contribution in [-0.2, 0) is 0 Å². The highest BCUT2D eigenvalue weighted by Gasteiger charge is 2.03. The Balaban J connectivity index is 2.21. The topological polar surface area (TPSA) is 70.1 Å². The van der Waals surface area contributed by atoms with E-state index in [0.29, 0.717) is 10.2 Å². The molecule has 0 aliphatic rings. The van der Waals surface area contributed by atoms with Crippen molar-refractivity contribution in [2.24, 2.45) is 5.10 Å². The first kappa shape index (κ1) is 12.5. The second kappa shape index (κ2) is 5.59. The van der Waals surface area contributed by atoms with E-state index in [1.807, 2.05) is 37.3 Å². The molecule has 92 valence electrons. The summed E-state index contributed by atoms with van der Waals surface area (Å²) in [5, 5.41) is 10.2. The Morgan fingerprint density at radius 3 is 2.83 bits per heavy atom. The van der Waals surface area contributed by atoms with Crippen molar-refractivity contribution in [3.05, 3.63) is 56.9 Å². The number of nitrogens with one attached hydrogen (secondary N) is 2. The largest absolute Gasteiger partial charge is 0.280 e. The van der Waals surface area contributed by atoms with Crippen LogP contribution in [0.2, 0.25) is 0 Å². The van der Waals surface area contributed by atoms with Crippen molar-refractivity contribution in [2.75, 3.05) is 5.43 Å². The summed E-state index contributed by atoms with van der Waals surface area (Å²) in [4.78, 5) is 11.3. The zero-order valence-electron chi connectivity index (χ0n) is 9.64. The number of aromatic amines is 1.